The number of aliphatic hydroxyl groups is 1. The molecule has 19 heteroatoms. The Morgan fingerprint density at radius 2 is 1.69 bits per heavy atom. The van der Waals surface area contributed by atoms with E-state index in [1.807, 2.05) is 13.8 Å². The first-order valence-electron chi connectivity index (χ1n) is 15.0. The van der Waals surface area contributed by atoms with E-state index in [0.717, 1.165) is 29.8 Å². The second-order valence-electron chi connectivity index (χ2n) is 10.1. The van der Waals surface area contributed by atoms with Gasteiger partial charge in [0.15, 0.2) is 5.11 Å². The number of hydrogen-bond acceptors (Lipinski definition) is 8. The number of rotatable bonds is 10. The lowest BCUT2D eigenvalue weighted by molar-refractivity contribution is -0.274. The molecule has 0 aromatic heterocycles. The SMILES string of the molecule is CC.CC(O)/C=N/NC(=S)NC(=O)N1CCN(S(=O)(=O)c2ccc(OC(F)(F)F)cc2)[C@@H](C)C1.CCC(F)(F)c1ccc(CNC=O)cc1. The normalized spacial score (nSPS) is 15.9. The molecule has 0 aliphatic carbocycles. The molecular weight excluding hydrogens is 699 g/mol. The number of piperazine rings is 1. The van der Waals surface area contributed by atoms with Gasteiger partial charge in [0.05, 0.1) is 17.2 Å². The van der Waals surface area contributed by atoms with Gasteiger partial charge in [-0.05, 0) is 55.9 Å². The maximum atomic E-state index is 13.2. The van der Waals surface area contributed by atoms with Crippen molar-refractivity contribution in [2.24, 2.45) is 5.10 Å². The van der Waals surface area contributed by atoms with E-state index >= 15 is 0 Å². The van der Waals surface area contributed by atoms with Crippen LogP contribution in [0.5, 0.6) is 5.75 Å². The van der Waals surface area contributed by atoms with Crippen molar-refractivity contribution in [1.29, 1.82) is 0 Å². The van der Waals surface area contributed by atoms with Crippen LogP contribution in [-0.2, 0) is 27.3 Å². The molecule has 2 aromatic carbocycles. The average Bonchev–Trinajstić information content (AvgIpc) is 3.04. The van der Waals surface area contributed by atoms with E-state index in [0.29, 0.717) is 13.0 Å². The molecule has 0 bridgehead atoms. The third-order valence-electron chi connectivity index (χ3n) is 6.40. The van der Waals surface area contributed by atoms with E-state index in [1.165, 1.54) is 41.4 Å². The summed E-state index contributed by atoms with van der Waals surface area (Å²) in [7, 11) is -4.01. The second kappa shape index (κ2) is 19.9. The molecule has 1 aliphatic heterocycles. The number of benzene rings is 2. The minimum Gasteiger partial charge on any atom is -0.406 e. The number of halogens is 5. The lowest BCUT2D eigenvalue weighted by Crippen LogP contribution is -2.58. The fourth-order valence-electron chi connectivity index (χ4n) is 4.07. The fraction of sp³-hybridized carbons (Fsp3) is 0.467. The van der Waals surface area contributed by atoms with Crippen LogP contribution in [0.25, 0.3) is 0 Å². The van der Waals surface area contributed by atoms with Gasteiger partial charge in [-0.15, -0.1) is 13.2 Å². The number of urea groups is 1. The minimum atomic E-state index is -4.88. The molecule has 1 aliphatic rings. The smallest absolute Gasteiger partial charge is 0.406 e. The van der Waals surface area contributed by atoms with Gasteiger partial charge in [0, 0.05) is 44.2 Å². The number of carbonyl (C=O) groups is 2. The molecule has 12 nitrogen and oxygen atoms in total. The topological polar surface area (TPSA) is 153 Å². The summed E-state index contributed by atoms with van der Waals surface area (Å²) >= 11 is 4.92. The van der Waals surface area contributed by atoms with Crippen LogP contribution in [0.4, 0.5) is 26.7 Å². The number of nitrogens with one attached hydrogen (secondary N) is 3. The number of alkyl halides is 5. The largest absolute Gasteiger partial charge is 0.573 e. The van der Waals surface area contributed by atoms with Crippen LogP contribution in [0, 0.1) is 0 Å². The van der Waals surface area contributed by atoms with Crippen molar-refractivity contribution in [3.63, 3.8) is 0 Å². The lowest BCUT2D eigenvalue weighted by atomic mass is 10.0. The number of hydrogen-bond donors (Lipinski definition) is 4. The zero-order valence-corrected chi connectivity index (χ0v) is 29.1. The van der Waals surface area contributed by atoms with Gasteiger partial charge < -0.3 is 20.1 Å². The van der Waals surface area contributed by atoms with Crippen LogP contribution in [0.2, 0.25) is 0 Å². The summed E-state index contributed by atoms with van der Waals surface area (Å²) in [5, 5.41) is 17.5. The van der Waals surface area contributed by atoms with Gasteiger partial charge in [-0.3, -0.25) is 15.5 Å². The highest BCUT2D eigenvalue weighted by molar-refractivity contribution is 7.89. The van der Waals surface area contributed by atoms with E-state index in [1.54, 1.807) is 19.1 Å². The maximum absolute atomic E-state index is 13.2. The molecule has 3 rings (SSSR count). The van der Waals surface area contributed by atoms with Gasteiger partial charge in [0.25, 0.3) is 5.92 Å². The fourth-order valence-corrected chi connectivity index (χ4v) is 5.82. The van der Waals surface area contributed by atoms with Gasteiger partial charge >= 0.3 is 12.4 Å². The van der Waals surface area contributed by atoms with E-state index in [4.69, 9.17) is 17.3 Å². The summed E-state index contributed by atoms with van der Waals surface area (Å²) in [5.41, 5.74) is 3.18. The maximum Gasteiger partial charge on any atom is 0.573 e. The predicted octanol–water partition coefficient (Wildman–Crippen LogP) is 4.69. The minimum absolute atomic E-state index is 0.0138. The number of hydrazone groups is 1. The Balaban J connectivity index is 0.000000589. The van der Waals surface area contributed by atoms with Crippen molar-refractivity contribution >= 4 is 46.0 Å². The molecular formula is C30H41F5N6O6S2. The van der Waals surface area contributed by atoms with Crippen LogP contribution in [0.1, 0.15) is 52.2 Å². The third-order valence-corrected chi connectivity index (χ3v) is 8.63. The first-order valence-corrected chi connectivity index (χ1v) is 16.8. The summed E-state index contributed by atoms with van der Waals surface area (Å²) in [5.74, 6) is -3.30. The Morgan fingerprint density at radius 1 is 1.10 bits per heavy atom. The van der Waals surface area contributed by atoms with Crippen LogP contribution in [0.15, 0.2) is 58.5 Å². The van der Waals surface area contributed by atoms with Crippen LogP contribution in [-0.4, -0.2) is 84.6 Å². The second-order valence-corrected chi connectivity index (χ2v) is 12.4. The zero-order valence-electron chi connectivity index (χ0n) is 27.5. The number of ether oxygens (including phenoxy) is 1. The van der Waals surface area contributed by atoms with Crippen molar-refractivity contribution in [1.82, 2.24) is 25.3 Å². The molecule has 274 valence electrons. The molecule has 1 heterocycles. The van der Waals surface area contributed by atoms with Crippen LogP contribution in [0.3, 0.4) is 0 Å². The molecule has 2 aromatic rings. The lowest BCUT2D eigenvalue weighted by Gasteiger charge is -2.38. The first kappa shape index (κ1) is 43.1. The highest BCUT2D eigenvalue weighted by Gasteiger charge is 2.36. The van der Waals surface area contributed by atoms with Crippen molar-refractivity contribution < 1.29 is 49.8 Å². The van der Waals surface area contributed by atoms with Crippen molar-refractivity contribution in [2.45, 2.75) is 76.9 Å². The van der Waals surface area contributed by atoms with Gasteiger partial charge in [0.2, 0.25) is 16.4 Å². The van der Waals surface area contributed by atoms with Gasteiger partial charge in [-0.25, -0.2) is 22.0 Å². The summed E-state index contributed by atoms with van der Waals surface area (Å²) in [6.45, 7) is 8.97. The Kier molecular flexibility index (Phi) is 17.5. The Morgan fingerprint density at radius 3 is 2.18 bits per heavy atom. The number of nitrogens with zero attached hydrogens (tertiary/aromatic N) is 3. The summed E-state index contributed by atoms with van der Waals surface area (Å²) < 4.78 is 93.9. The molecule has 0 saturated carbocycles. The van der Waals surface area contributed by atoms with E-state index in [-0.39, 0.29) is 41.6 Å². The third kappa shape index (κ3) is 14.6. The molecule has 3 amide bonds. The number of amides is 3. The highest BCUT2D eigenvalue weighted by Crippen LogP contribution is 2.31. The van der Waals surface area contributed by atoms with Gasteiger partial charge in [-0.1, -0.05) is 45.0 Å². The van der Waals surface area contributed by atoms with Gasteiger partial charge in [0.1, 0.15) is 5.75 Å². The zero-order chi connectivity index (χ0) is 37.4. The number of sulfonamides is 1. The molecule has 1 saturated heterocycles. The van der Waals surface area contributed by atoms with Crippen molar-refractivity contribution in [3.05, 3.63) is 59.7 Å². The van der Waals surface area contributed by atoms with Crippen LogP contribution >= 0.6 is 12.2 Å². The monoisotopic (exact) mass is 740 g/mol. The Labute approximate surface area is 287 Å². The number of thiocarbonyl (C=S) groups is 1. The van der Waals surface area contributed by atoms with Gasteiger partial charge in [-0.2, -0.15) is 9.41 Å². The molecule has 1 unspecified atom stereocenters. The Bertz CT molecular complexity index is 1480. The molecule has 2 atom stereocenters. The molecule has 4 N–H and O–H groups in total. The summed E-state index contributed by atoms with van der Waals surface area (Å²) in [6.07, 6.45) is -4.14. The van der Waals surface area contributed by atoms with E-state index in [9.17, 15) is 40.0 Å². The molecule has 0 radical (unpaired) electrons. The number of aliphatic hydroxyl groups excluding tert-OH is 1. The molecule has 49 heavy (non-hydrogen) atoms. The standard InChI is InChI=1S/C17H22F3N5O5S2.C11H13F2NO.C2H6/c1-11-10-24(16(27)22-15(31)23-21-9-12(2)26)7-8-25(11)32(28,29)14-5-3-13(4-6-14)30-17(18,19)20;1-2-11(12,13)10-5-3-9(4-6-10)7-14-8-15;1-2/h3-6,9,11-12,26H,7-8,10H2,1-2H3,(H2,22,23,27,31);3-6,8H,2,7H2,1H3,(H,14,15);1-2H3/b21-9+;;/t11-,12?;;/m0../s1. The summed E-state index contributed by atoms with van der Waals surface area (Å²) in [6, 6.07) is 8.69. The number of carbonyl (C=O) groups excluding carboxylic acids is 2. The van der Waals surface area contributed by atoms with E-state index < -0.39 is 46.2 Å². The average molecular weight is 741 g/mol. The van der Waals surface area contributed by atoms with Crippen molar-refractivity contribution in [2.75, 3.05) is 19.6 Å². The summed E-state index contributed by atoms with van der Waals surface area (Å²) in [4.78, 5) is 23.5. The highest BCUT2D eigenvalue weighted by atomic mass is 32.2. The van der Waals surface area contributed by atoms with Crippen molar-refractivity contribution in [3.8, 4) is 5.75 Å². The molecule has 0 spiro atoms. The van der Waals surface area contributed by atoms with Crippen LogP contribution < -0.4 is 20.8 Å². The molecule has 1 fully saturated rings. The van der Waals surface area contributed by atoms with E-state index in [2.05, 4.69) is 25.9 Å². The Hall–Kier alpha value is -3.94. The quantitative estimate of drug-likeness (QED) is 0.0901. The first-order chi connectivity index (χ1) is 22.9. The predicted molar refractivity (Wildman–Crippen MR) is 177 cm³/mol.